The summed E-state index contributed by atoms with van der Waals surface area (Å²) < 4.78 is 9.36. The molecule has 3 aromatic heterocycles. The minimum Gasteiger partial charge on any atom is -0.496 e. The predicted octanol–water partition coefficient (Wildman–Crippen LogP) is 4.92. The molecule has 8 nitrogen and oxygen atoms in total. The molecule has 2 aromatic carbocycles. The van der Waals surface area contributed by atoms with Crippen LogP contribution in [0, 0.1) is 13.8 Å². The molecule has 5 aromatic rings. The van der Waals surface area contributed by atoms with Gasteiger partial charge in [-0.05, 0) is 60.7 Å². The normalized spacial score (nSPS) is 12.1. The number of hydrogen-bond donors (Lipinski definition) is 1. The van der Waals surface area contributed by atoms with Crippen LogP contribution in [0.5, 0.6) is 5.75 Å². The second-order valence-electron chi connectivity index (χ2n) is 8.73. The maximum absolute atomic E-state index is 5.49. The van der Waals surface area contributed by atoms with Crippen molar-refractivity contribution in [3.05, 3.63) is 95.2 Å². The van der Waals surface area contributed by atoms with Gasteiger partial charge in [0.25, 0.3) is 0 Å². The van der Waals surface area contributed by atoms with Crippen molar-refractivity contribution in [3.8, 4) is 5.75 Å². The number of benzene rings is 2. The Morgan fingerprint density at radius 1 is 1.06 bits per heavy atom. The number of aryl methyl sites for hydroxylation is 1. The Morgan fingerprint density at radius 2 is 1.89 bits per heavy atom. The van der Waals surface area contributed by atoms with Gasteiger partial charge in [0.15, 0.2) is 5.65 Å². The van der Waals surface area contributed by atoms with E-state index < -0.39 is 0 Å². The highest BCUT2D eigenvalue weighted by atomic mass is 16.5. The van der Waals surface area contributed by atoms with E-state index in [2.05, 4.69) is 76.6 Å². The van der Waals surface area contributed by atoms with Crippen LogP contribution in [0.3, 0.4) is 0 Å². The largest absolute Gasteiger partial charge is 0.496 e. The van der Waals surface area contributed by atoms with E-state index in [1.165, 1.54) is 22.3 Å². The van der Waals surface area contributed by atoms with E-state index in [-0.39, 0.29) is 6.04 Å². The average Bonchev–Trinajstić information content (AvgIpc) is 3.54. The lowest BCUT2D eigenvalue weighted by Gasteiger charge is -2.14. The molecular formula is C27H29N7O. The lowest BCUT2D eigenvalue weighted by atomic mass is 10.0. The Hall–Kier alpha value is -4.20. The Balaban J connectivity index is 1.33. The predicted molar refractivity (Wildman–Crippen MR) is 137 cm³/mol. The summed E-state index contributed by atoms with van der Waals surface area (Å²) in [6.45, 7) is 7.63. The fourth-order valence-electron chi connectivity index (χ4n) is 4.39. The quantitative estimate of drug-likeness (QED) is 0.349. The van der Waals surface area contributed by atoms with Gasteiger partial charge in [-0.25, -0.2) is 9.97 Å². The van der Waals surface area contributed by atoms with Gasteiger partial charge < -0.3 is 10.1 Å². The molecular weight excluding hydrogens is 438 g/mol. The molecule has 0 saturated carbocycles. The van der Waals surface area contributed by atoms with Crippen LogP contribution >= 0.6 is 0 Å². The van der Waals surface area contributed by atoms with Crippen LogP contribution in [0.25, 0.3) is 11.0 Å². The first kappa shape index (κ1) is 22.6. The van der Waals surface area contributed by atoms with Gasteiger partial charge in [0.05, 0.1) is 25.1 Å². The molecule has 1 N–H and O–H groups in total. The molecule has 8 heteroatoms. The third kappa shape index (κ3) is 4.59. The molecule has 35 heavy (non-hydrogen) atoms. The monoisotopic (exact) mass is 467 g/mol. The van der Waals surface area contributed by atoms with Gasteiger partial charge in [-0.15, -0.1) is 0 Å². The van der Waals surface area contributed by atoms with E-state index in [1.807, 2.05) is 33.9 Å². The van der Waals surface area contributed by atoms with E-state index in [1.54, 1.807) is 19.6 Å². The number of nitrogens with zero attached hydrogens (tertiary/aromatic N) is 6. The van der Waals surface area contributed by atoms with Crippen LogP contribution in [0.1, 0.15) is 40.8 Å². The molecule has 3 heterocycles. The number of aromatic nitrogens is 6. The van der Waals surface area contributed by atoms with Crippen LogP contribution in [0.15, 0.2) is 67.4 Å². The highest BCUT2D eigenvalue weighted by Crippen LogP contribution is 2.26. The highest BCUT2D eigenvalue weighted by Gasteiger charge is 2.13. The van der Waals surface area contributed by atoms with Crippen molar-refractivity contribution >= 4 is 16.9 Å². The SMILES string of the molecule is COc1ccc(C)c(CNc2ncnc3nn(Cc4ccc(C(C)n5cccn5)cc4)cc23)c1C. The summed E-state index contributed by atoms with van der Waals surface area (Å²) in [6.07, 6.45) is 7.34. The topological polar surface area (TPSA) is 82.7 Å². The summed E-state index contributed by atoms with van der Waals surface area (Å²) in [7, 11) is 1.70. The zero-order valence-electron chi connectivity index (χ0n) is 20.4. The fourth-order valence-corrected chi connectivity index (χ4v) is 4.39. The summed E-state index contributed by atoms with van der Waals surface area (Å²) >= 11 is 0. The zero-order valence-corrected chi connectivity index (χ0v) is 20.4. The van der Waals surface area contributed by atoms with Gasteiger partial charge in [-0.2, -0.15) is 10.2 Å². The number of rotatable bonds is 8. The van der Waals surface area contributed by atoms with Crippen molar-refractivity contribution in [1.29, 1.82) is 0 Å². The van der Waals surface area contributed by atoms with Crippen molar-refractivity contribution in [1.82, 2.24) is 29.5 Å². The van der Waals surface area contributed by atoms with Crippen LogP contribution in [0.2, 0.25) is 0 Å². The smallest absolute Gasteiger partial charge is 0.186 e. The molecule has 1 atom stereocenters. The van der Waals surface area contributed by atoms with Crippen molar-refractivity contribution < 1.29 is 4.74 Å². The van der Waals surface area contributed by atoms with E-state index in [0.717, 1.165) is 22.5 Å². The fraction of sp³-hybridized carbons (Fsp3) is 0.259. The van der Waals surface area contributed by atoms with E-state index in [9.17, 15) is 0 Å². The summed E-state index contributed by atoms with van der Waals surface area (Å²) in [5.74, 6) is 1.66. The van der Waals surface area contributed by atoms with Gasteiger partial charge in [0, 0.05) is 25.1 Å². The zero-order chi connectivity index (χ0) is 24.4. The van der Waals surface area contributed by atoms with Gasteiger partial charge in [-0.3, -0.25) is 9.36 Å². The van der Waals surface area contributed by atoms with Gasteiger partial charge in [0.2, 0.25) is 0 Å². The van der Waals surface area contributed by atoms with Crippen molar-refractivity contribution in [2.75, 3.05) is 12.4 Å². The van der Waals surface area contributed by atoms with Crippen LogP contribution in [0.4, 0.5) is 5.82 Å². The summed E-state index contributed by atoms with van der Waals surface area (Å²) in [5, 5.41) is 13.4. The molecule has 0 saturated heterocycles. The molecule has 5 rings (SSSR count). The Labute approximate surface area is 204 Å². The first-order chi connectivity index (χ1) is 17.0. The van der Waals surface area contributed by atoms with E-state index in [4.69, 9.17) is 4.74 Å². The molecule has 1 unspecified atom stereocenters. The molecule has 0 aliphatic heterocycles. The standard InChI is InChI=1S/C27H29N7O/c1-18-6-11-25(35-4)19(2)23(18)14-28-26-24-16-33(32-27(24)30-17-29-26)15-21-7-9-22(10-8-21)20(3)34-13-5-12-31-34/h5-13,16-17,20H,14-15H2,1-4H3,(H,28,29,30,32). The third-order valence-corrected chi connectivity index (χ3v) is 6.53. The number of ether oxygens (including phenoxy) is 1. The maximum Gasteiger partial charge on any atom is 0.186 e. The summed E-state index contributed by atoms with van der Waals surface area (Å²) in [6, 6.07) is 14.8. The van der Waals surface area contributed by atoms with Crippen LogP contribution in [-0.2, 0) is 13.1 Å². The summed E-state index contributed by atoms with van der Waals surface area (Å²) in [5.41, 5.74) is 6.59. The van der Waals surface area contributed by atoms with Crippen molar-refractivity contribution in [2.24, 2.45) is 0 Å². The van der Waals surface area contributed by atoms with E-state index in [0.29, 0.717) is 18.7 Å². The van der Waals surface area contributed by atoms with Crippen molar-refractivity contribution in [2.45, 2.75) is 39.9 Å². The molecule has 178 valence electrons. The number of methoxy groups -OCH3 is 1. The van der Waals surface area contributed by atoms with Crippen LogP contribution < -0.4 is 10.1 Å². The molecule has 0 amide bonds. The second-order valence-corrected chi connectivity index (χ2v) is 8.73. The molecule has 0 bridgehead atoms. The molecule has 0 fully saturated rings. The van der Waals surface area contributed by atoms with Gasteiger partial charge >= 0.3 is 0 Å². The van der Waals surface area contributed by atoms with Crippen LogP contribution in [-0.4, -0.2) is 36.6 Å². The molecule has 0 radical (unpaired) electrons. The average molecular weight is 468 g/mol. The highest BCUT2D eigenvalue weighted by molar-refractivity contribution is 5.85. The molecule has 0 spiro atoms. The summed E-state index contributed by atoms with van der Waals surface area (Å²) in [4.78, 5) is 8.86. The second kappa shape index (κ2) is 9.58. The molecule has 0 aliphatic carbocycles. The first-order valence-corrected chi connectivity index (χ1v) is 11.7. The first-order valence-electron chi connectivity index (χ1n) is 11.7. The van der Waals surface area contributed by atoms with Gasteiger partial charge in [-0.1, -0.05) is 30.3 Å². The third-order valence-electron chi connectivity index (χ3n) is 6.53. The maximum atomic E-state index is 5.49. The lowest BCUT2D eigenvalue weighted by molar-refractivity contribution is 0.411. The number of anilines is 1. The number of hydrogen-bond acceptors (Lipinski definition) is 6. The number of nitrogens with one attached hydrogen (secondary N) is 1. The number of fused-ring (bicyclic) bond motifs is 1. The molecule has 0 aliphatic rings. The minimum absolute atomic E-state index is 0.187. The Kier molecular flexibility index (Phi) is 6.18. The lowest BCUT2D eigenvalue weighted by Crippen LogP contribution is -2.07. The minimum atomic E-state index is 0.187. The van der Waals surface area contributed by atoms with Crippen molar-refractivity contribution in [3.63, 3.8) is 0 Å². The Bertz CT molecular complexity index is 1440. The van der Waals surface area contributed by atoms with E-state index >= 15 is 0 Å². The Morgan fingerprint density at radius 3 is 2.63 bits per heavy atom. The van der Waals surface area contributed by atoms with Gasteiger partial charge in [0.1, 0.15) is 17.9 Å².